The summed E-state index contributed by atoms with van der Waals surface area (Å²) in [7, 11) is 0. The summed E-state index contributed by atoms with van der Waals surface area (Å²) in [4.78, 5) is 14.4. The molecule has 0 saturated carbocycles. The van der Waals surface area contributed by atoms with Gasteiger partial charge in [-0.2, -0.15) is 5.10 Å². The van der Waals surface area contributed by atoms with Gasteiger partial charge >= 0.3 is 5.72 Å². The summed E-state index contributed by atoms with van der Waals surface area (Å²) in [6, 6.07) is 17.2. The molecular formula is C21H14ClN3O2S. The van der Waals surface area contributed by atoms with Gasteiger partial charge in [0, 0.05) is 17.0 Å². The molecule has 4 heterocycles. The molecule has 2 atom stereocenters. The van der Waals surface area contributed by atoms with Crippen LogP contribution in [0.15, 0.2) is 65.1 Å². The third kappa shape index (κ3) is 2.02. The lowest BCUT2D eigenvalue weighted by Gasteiger charge is -2.44. The summed E-state index contributed by atoms with van der Waals surface area (Å²) in [6.07, 6.45) is 0.714. The lowest BCUT2D eigenvalue weighted by Crippen LogP contribution is -2.55. The highest BCUT2D eigenvalue weighted by Gasteiger charge is 2.60. The van der Waals surface area contributed by atoms with Gasteiger partial charge in [0.1, 0.15) is 5.75 Å². The van der Waals surface area contributed by atoms with Gasteiger partial charge < -0.3 is 10.1 Å². The van der Waals surface area contributed by atoms with E-state index >= 15 is 0 Å². The summed E-state index contributed by atoms with van der Waals surface area (Å²) < 4.78 is 6.41. The molecule has 6 rings (SSSR count). The molecule has 7 heteroatoms. The molecule has 0 fully saturated rings. The Hall–Kier alpha value is -2.83. The Kier molecular flexibility index (Phi) is 3.23. The van der Waals surface area contributed by atoms with E-state index in [1.807, 2.05) is 46.8 Å². The SMILES string of the molecule is O=C1Nc2ccc(Cl)cc2C12Oc1ccccc1C1CC(c3cccs3)=NN12. The molecule has 2 aromatic carbocycles. The van der Waals surface area contributed by atoms with Crippen LogP contribution in [0.25, 0.3) is 0 Å². The number of nitrogens with one attached hydrogen (secondary N) is 1. The van der Waals surface area contributed by atoms with Gasteiger partial charge in [-0.1, -0.05) is 35.9 Å². The fraction of sp³-hybridized carbons (Fsp3) is 0.143. The Labute approximate surface area is 170 Å². The van der Waals surface area contributed by atoms with E-state index in [2.05, 4.69) is 11.4 Å². The molecule has 28 heavy (non-hydrogen) atoms. The van der Waals surface area contributed by atoms with Gasteiger partial charge in [0.05, 0.1) is 27.9 Å². The largest absolute Gasteiger partial charge is 0.453 e. The first-order valence-electron chi connectivity index (χ1n) is 8.97. The molecule has 1 amide bonds. The van der Waals surface area contributed by atoms with Crippen molar-refractivity contribution in [3.63, 3.8) is 0 Å². The lowest BCUT2D eigenvalue weighted by molar-refractivity contribution is -0.161. The highest BCUT2D eigenvalue weighted by atomic mass is 35.5. The van der Waals surface area contributed by atoms with Crippen molar-refractivity contribution < 1.29 is 9.53 Å². The lowest BCUT2D eigenvalue weighted by atomic mass is 9.93. The van der Waals surface area contributed by atoms with Gasteiger partial charge in [0.2, 0.25) is 0 Å². The molecule has 1 spiro atoms. The van der Waals surface area contributed by atoms with Crippen LogP contribution in [0.3, 0.4) is 0 Å². The monoisotopic (exact) mass is 407 g/mol. The molecule has 0 radical (unpaired) electrons. The predicted molar refractivity (Wildman–Crippen MR) is 109 cm³/mol. The molecule has 5 nitrogen and oxygen atoms in total. The fourth-order valence-corrected chi connectivity index (χ4v) is 5.15. The van der Waals surface area contributed by atoms with E-state index in [1.54, 1.807) is 23.5 Å². The summed E-state index contributed by atoms with van der Waals surface area (Å²) in [6.45, 7) is 0. The Bertz CT molecular complexity index is 1160. The number of thiophene rings is 1. The van der Waals surface area contributed by atoms with E-state index in [1.165, 1.54) is 0 Å². The number of halogens is 1. The number of hydrazone groups is 1. The molecule has 3 aliphatic rings. The van der Waals surface area contributed by atoms with E-state index in [0.717, 1.165) is 16.2 Å². The van der Waals surface area contributed by atoms with Crippen LogP contribution in [0, 0.1) is 0 Å². The number of rotatable bonds is 1. The zero-order chi connectivity index (χ0) is 18.9. The average Bonchev–Trinajstić information content (AvgIpc) is 3.42. The van der Waals surface area contributed by atoms with Gasteiger partial charge in [-0.25, -0.2) is 5.01 Å². The highest BCUT2D eigenvalue weighted by Crippen LogP contribution is 2.54. The van der Waals surface area contributed by atoms with E-state index in [0.29, 0.717) is 28.4 Å². The van der Waals surface area contributed by atoms with Crippen molar-refractivity contribution in [2.75, 3.05) is 5.32 Å². The number of benzene rings is 2. The minimum absolute atomic E-state index is 0.0854. The quantitative estimate of drug-likeness (QED) is 0.633. The van der Waals surface area contributed by atoms with Crippen LogP contribution in [-0.2, 0) is 10.5 Å². The Balaban J connectivity index is 1.60. The van der Waals surface area contributed by atoms with Gasteiger partial charge in [-0.05, 0) is 35.7 Å². The minimum Gasteiger partial charge on any atom is -0.453 e. The molecule has 0 saturated heterocycles. The minimum atomic E-state index is -1.36. The summed E-state index contributed by atoms with van der Waals surface area (Å²) in [5.41, 5.74) is 2.03. The molecule has 1 aromatic heterocycles. The fourth-order valence-electron chi connectivity index (χ4n) is 4.25. The number of ether oxygens (including phenoxy) is 1. The topological polar surface area (TPSA) is 53.9 Å². The van der Waals surface area contributed by atoms with Crippen molar-refractivity contribution in [3.05, 3.63) is 81.0 Å². The van der Waals surface area contributed by atoms with E-state index in [-0.39, 0.29) is 11.9 Å². The Morgan fingerprint density at radius 3 is 2.96 bits per heavy atom. The number of hydrogen-bond donors (Lipinski definition) is 1. The molecule has 2 unspecified atom stereocenters. The smallest absolute Gasteiger partial charge is 0.306 e. The van der Waals surface area contributed by atoms with Gasteiger partial charge in [0.25, 0.3) is 5.91 Å². The van der Waals surface area contributed by atoms with Gasteiger partial charge in [-0.15, -0.1) is 11.3 Å². The standard InChI is InChI=1S/C21H14ClN3O2S/c22-12-7-8-15-14(10-12)21(20(26)23-15)25-17(13-4-1-2-5-18(13)27-21)11-16(24-25)19-6-3-9-28-19/h1-10,17H,11H2,(H,23,26). The predicted octanol–water partition coefficient (Wildman–Crippen LogP) is 4.75. The van der Waals surface area contributed by atoms with Crippen LogP contribution in [0.1, 0.15) is 28.5 Å². The maximum Gasteiger partial charge on any atom is 0.306 e. The Morgan fingerprint density at radius 1 is 1.21 bits per heavy atom. The van der Waals surface area contributed by atoms with E-state index < -0.39 is 5.72 Å². The normalized spacial score (nSPS) is 24.3. The van der Waals surface area contributed by atoms with Crippen molar-refractivity contribution in [2.24, 2.45) is 5.10 Å². The first kappa shape index (κ1) is 16.2. The number of carbonyl (C=O) groups excluding carboxylic acids is 1. The number of hydrogen-bond acceptors (Lipinski definition) is 5. The molecule has 3 aromatic rings. The van der Waals surface area contributed by atoms with Crippen molar-refractivity contribution >= 4 is 40.2 Å². The second-order valence-electron chi connectivity index (χ2n) is 7.02. The Morgan fingerprint density at radius 2 is 2.11 bits per heavy atom. The maximum absolute atomic E-state index is 13.3. The van der Waals surface area contributed by atoms with Gasteiger partial charge in [-0.3, -0.25) is 4.79 Å². The number of anilines is 1. The maximum atomic E-state index is 13.3. The van der Waals surface area contributed by atoms with Crippen molar-refractivity contribution in [1.29, 1.82) is 0 Å². The van der Waals surface area contributed by atoms with E-state index in [4.69, 9.17) is 21.4 Å². The molecule has 0 bridgehead atoms. The summed E-state index contributed by atoms with van der Waals surface area (Å²) in [5, 5.41) is 12.3. The van der Waals surface area contributed by atoms with E-state index in [9.17, 15) is 4.79 Å². The van der Waals surface area contributed by atoms with Crippen molar-refractivity contribution in [2.45, 2.75) is 18.2 Å². The second-order valence-corrected chi connectivity index (χ2v) is 8.40. The average molecular weight is 408 g/mol. The highest BCUT2D eigenvalue weighted by molar-refractivity contribution is 7.12. The second kappa shape index (κ2) is 5.59. The molecule has 138 valence electrons. The molecule has 0 aliphatic carbocycles. The molecular weight excluding hydrogens is 394 g/mol. The number of para-hydroxylation sites is 1. The summed E-state index contributed by atoms with van der Waals surface area (Å²) >= 11 is 7.93. The van der Waals surface area contributed by atoms with Crippen LogP contribution in [0.2, 0.25) is 5.02 Å². The van der Waals surface area contributed by atoms with Crippen LogP contribution < -0.4 is 10.1 Å². The third-order valence-corrected chi connectivity index (χ3v) is 6.63. The van der Waals surface area contributed by atoms with Crippen LogP contribution in [0.5, 0.6) is 5.75 Å². The van der Waals surface area contributed by atoms with Crippen molar-refractivity contribution in [3.8, 4) is 5.75 Å². The van der Waals surface area contributed by atoms with Gasteiger partial charge in [0.15, 0.2) is 0 Å². The molecule has 3 aliphatic heterocycles. The van der Waals surface area contributed by atoms with Crippen LogP contribution >= 0.6 is 22.9 Å². The van der Waals surface area contributed by atoms with Crippen LogP contribution in [0.4, 0.5) is 5.69 Å². The third-order valence-electron chi connectivity index (χ3n) is 5.48. The number of carbonyl (C=O) groups is 1. The zero-order valence-corrected chi connectivity index (χ0v) is 16.1. The first-order valence-corrected chi connectivity index (χ1v) is 10.2. The zero-order valence-electron chi connectivity index (χ0n) is 14.6. The summed E-state index contributed by atoms with van der Waals surface area (Å²) in [5.74, 6) is 0.454. The first-order chi connectivity index (χ1) is 13.7. The van der Waals surface area contributed by atoms with Crippen LogP contribution in [-0.4, -0.2) is 16.6 Å². The number of amides is 1. The molecule has 1 N–H and O–H groups in total. The van der Waals surface area contributed by atoms with Crippen molar-refractivity contribution in [1.82, 2.24) is 5.01 Å². The number of nitrogens with zero attached hydrogens (tertiary/aromatic N) is 2. The number of fused-ring (bicyclic) bond motifs is 6.